The Bertz CT molecular complexity index is 1170. The van der Waals surface area contributed by atoms with Gasteiger partial charge >= 0.3 is 18.3 Å². The van der Waals surface area contributed by atoms with Crippen molar-refractivity contribution in [1.29, 1.82) is 0 Å². The summed E-state index contributed by atoms with van der Waals surface area (Å²) in [5, 5.41) is 2.67. The highest BCUT2D eigenvalue weighted by Crippen LogP contribution is 2.30. The van der Waals surface area contributed by atoms with Gasteiger partial charge < -0.3 is 38.3 Å². The molecule has 13 nitrogen and oxygen atoms in total. The average molecular weight is 605 g/mol. The van der Waals surface area contributed by atoms with E-state index in [4.69, 9.17) is 28.4 Å². The topological polar surface area (TPSA) is 140 Å². The molecule has 2 amide bonds. The lowest BCUT2D eigenvalue weighted by Crippen LogP contribution is -2.46. The average Bonchev–Trinajstić information content (AvgIpc) is 3.53. The fourth-order valence-electron chi connectivity index (χ4n) is 4.36. The number of imidazole rings is 1. The molecule has 0 unspecified atom stereocenters. The minimum Gasteiger partial charge on any atom is -0.497 e. The zero-order valence-corrected chi connectivity index (χ0v) is 26.0. The Hall–Kier alpha value is -4.00. The number of amides is 2. The number of benzene rings is 1. The first-order valence-corrected chi connectivity index (χ1v) is 14.2. The molecule has 0 bridgehead atoms. The Kier molecular flexibility index (Phi) is 11.6. The van der Waals surface area contributed by atoms with Gasteiger partial charge in [0.1, 0.15) is 17.0 Å². The number of likely N-dealkylation sites (tertiary alicyclic amines) is 1. The predicted molar refractivity (Wildman–Crippen MR) is 156 cm³/mol. The van der Waals surface area contributed by atoms with Crippen LogP contribution in [0.25, 0.3) is 0 Å². The first-order chi connectivity index (χ1) is 20.2. The van der Waals surface area contributed by atoms with Crippen molar-refractivity contribution in [3.63, 3.8) is 0 Å². The highest BCUT2D eigenvalue weighted by molar-refractivity contribution is 5.71. The molecule has 3 rings (SSSR count). The third kappa shape index (κ3) is 11.3. The lowest BCUT2D eigenvalue weighted by Gasteiger charge is -2.30. The van der Waals surface area contributed by atoms with Crippen LogP contribution in [0.15, 0.2) is 43.0 Å². The number of carbonyl (C=O) groups excluding carboxylic acids is 3. The maximum absolute atomic E-state index is 13.3. The van der Waals surface area contributed by atoms with E-state index in [1.54, 1.807) is 73.3 Å². The lowest BCUT2D eigenvalue weighted by atomic mass is 10.0. The van der Waals surface area contributed by atoms with E-state index >= 15 is 0 Å². The maximum atomic E-state index is 13.3. The molecule has 1 aliphatic heterocycles. The predicted octanol–water partition coefficient (Wildman–Crippen LogP) is 4.19. The Morgan fingerprint density at radius 1 is 0.977 bits per heavy atom. The van der Waals surface area contributed by atoms with Gasteiger partial charge in [-0.05, 0) is 65.7 Å². The van der Waals surface area contributed by atoms with Gasteiger partial charge in [0.05, 0.1) is 39.2 Å². The highest BCUT2D eigenvalue weighted by Gasteiger charge is 2.50. The second-order valence-corrected chi connectivity index (χ2v) is 12.1. The molecule has 1 aromatic carbocycles. The van der Waals surface area contributed by atoms with Crippen molar-refractivity contribution in [2.45, 2.75) is 84.0 Å². The molecule has 43 heavy (non-hydrogen) atoms. The summed E-state index contributed by atoms with van der Waals surface area (Å²) >= 11 is 0. The first-order valence-electron chi connectivity index (χ1n) is 14.2. The zero-order chi connectivity index (χ0) is 31.6. The first kappa shape index (κ1) is 33.5. The molecule has 2 aromatic rings. The molecule has 0 spiro atoms. The molecule has 0 saturated carbocycles. The van der Waals surface area contributed by atoms with Crippen molar-refractivity contribution in [3.05, 3.63) is 48.5 Å². The molecule has 0 radical (unpaired) electrons. The molecular weight excluding hydrogens is 560 g/mol. The normalized spacial score (nSPS) is 18.6. The number of alkyl carbamates (subject to hydrolysis) is 1. The summed E-state index contributed by atoms with van der Waals surface area (Å²) < 4.78 is 35.2. The van der Waals surface area contributed by atoms with Crippen molar-refractivity contribution in [3.8, 4) is 5.75 Å². The highest BCUT2D eigenvalue weighted by atomic mass is 16.7. The van der Waals surface area contributed by atoms with Crippen LogP contribution in [0, 0.1) is 0 Å². The molecule has 13 heteroatoms. The van der Waals surface area contributed by atoms with Crippen molar-refractivity contribution < 1.29 is 42.8 Å². The minimum atomic E-state index is -1.02. The van der Waals surface area contributed by atoms with E-state index in [1.165, 1.54) is 4.90 Å². The number of rotatable bonds is 11. The fourth-order valence-corrected chi connectivity index (χ4v) is 4.36. The quantitative estimate of drug-likeness (QED) is 0.226. The number of hydrogen-bond acceptors (Lipinski definition) is 10. The third-order valence-electron chi connectivity index (χ3n) is 6.20. The zero-order valence-electron chi connectivity index (χ0n) is 26.0. The van der Waals surface area contributed by atoms with Crippen LogP contribution in [0.2, 0.25) is 0 Å². The summed E-state index contributed by atoms with van der Waals surface area (Å²) in [6.45, 7) is 11.8. The molecule has 0 aliphatic carbocycles. The van der Waals surface area contributed by atoms with Crippen LogP contribution >= 0.6 is 0 Å². The minimum absolute atomic E-state index is 0.0652. The molecule has 2 heterocycles. The summed E-state index contributed by atoms with van der Waals surface area (Å²) in [6.07, 6.45) is 1.16. The van der Waals surface area contributed by atoms with Crippen LogP contribution in [-0.4, -0.2) is 95.7 Å². The molecular formula is C30H44N4O9. The van der Waals surface area contributed by atoms with E-state index in [0.717, 1.165) is 5.56 Å². The van der Waals surface area contributed by atoms with Gasteiger partial charge in [-0.25, -0.2) is 19.4 Å². The molecule has 1 aliphatic rings. The van der Waals surface area contributed by atoms with Gasteiger partial charge in [0.15, 0.2) is 12.2 Å². The SMILES string of the molecule is COc1ccc(C[C@@H]2[C@H](OC(=O)NCCOCCn3ccnc3)[C@@H](OC(=O)OC(C)(C)C)CN2C(=O)OC(C)(C)C)cc1. The van der Waals surface area contributed by atoms with E-state index in [0.29, 0.717) is 18.9 Å². The Morgan fingerprint density at radius 3 is 2.28 bits per heavy atom. The van der Waals surface area contributed by atoms with Crippen molar-refractivity contribution >= 4 is 18.3 Å². The second kappa shape index (κ2) is 14.9. The lowest BCUT2D eigenvalue weighted by molar-refractivity contribution is -0.0519. The van der Waals surface area contributed by atoms with Gasteiger partial charge in [-0.15, -0.1) is 0 Å². The maximum Gasteiger partial charge on any atom is 0.509 e. The van der Waals surface area contributed by atoms with Gasteiger partial charge in [0.2, 0.25) is 0 Å². The smallest absolute Gasteiger partial charge is 0.497 e. The van der Waals surface area contributed by atoms with E-state index in [-0.39, 0.29) is 26.1 Å². The van der Waals surface area contributed by atoms with Crippen LogP contribution in [0.4, 0.5) is 14.4 Å². The van der Waals surface area contributed by atoms with Crippen LogP contribution in [0.3, 0.4) is 0 Å². The Labute approximate surface area is 252 Å². The van der Waals surface area contributed by atoms with Gasteiger partial charge in [-0.1, -0.05) is 12.1 Å². The number of aromatic nitrogens is 2. The van der Waals surface area contributed by atoms with Crippen molar-refractivity contribution in [1.82, 2.24) is 19.8 Å². The van der Waals surface area contributed by atoms with Gasteiger partial charge in [0.25, 0.3) is 0 Å². The standard InChI is InChI=1S/C30H44N4O9/c1-29(2,3)42-27(36)34-19-24(40-28(37)43-30(4,5)6)25(23(34)18-21-8-10-22(38-7)11-9-21)41-26(35)32-13-16-39-17-15-33-14-12-31-20-33/h8-12,14,20,23-25H,13,15-19H2,1-7H3,(H,32,35)/t23-,24+,25+/m1/s1. The molecule has 1 N–H and O–H groups in total. The molecule has 3 atom stereocenters. The summed E-state index contributed by atoms with van der Waals surface area (Å²) in [5.74, 6) is 0.671. The number of ether oxygens (including phenoxy) is 6. The molecule has 1 saturated heterocycles. The van der Waals surface area contributed by atoms with E-state index in [2.05, 4.69) is 10.3 Å². The van der Waals surface area contributed by atoms with Crippen LogP contribution in [0.5, 0.6) is 5.75 Å². The fraction of sp³-hybridized carbons (Fsp3) is 0.600. The monoisotopic (exact) mass is 604 g/mol. The summed E-state index contributed by atoms with van der Waals surface area (Å²) in [5.41, 5.74) is -0.746. The van der Waals surface area contributed by atoms with Gasteiger partial charge in [-0.3, -0.25) is 4.90 Å². The van der Waals surface area contributed by atoms with Crippen LogP contribution in [0.1, 0.15) is 47.1 Å². The summed E-state index contributed by atoms with van der Waals surface area (Å²) in [6, 6.07) is 6.59. The largest absolute Gasteiger partial charge is 0.509 e. The number of nitrogens with zero attached hydrogens (tertiary/aromatic N) is 3. The third-order valence-corrected chi connectivity index (χ3v) is 6.20. The van der Waals surface area contributed by atoms with Gasteiger partial charge in [-0.2, -0.15) is 0 Å². The Balaban J connectivity index is 1.75. The van der Waals surface area contributed by atoms with Crippen LogP contribution in [-0.2, 0) is 36.6 Å². The second-order valence-electron chi connectivity index (χ2n) is 12.1. The summed E-state index contributed by atoms with van der Waals surface area (Å²) in [4.78, 5) is 44.4. The number of methoxy groups -OCH3 is 1. The van der Waals surface area contributed by atoms with Gasteiger partial charge in [0, 0.05) is 25.5 Å². The Morgan fingerprint density at radius 2 is 1.67 bits per heavy atom. The van der Waals surface area contributed by atoms with Crippen LogP contribution < -0.4 is 10.1 Å². The van der Waals surface area contributed by atoms with E-state index in [1.807, 2.05) is 22.9 Å². The van der Waals surface area contributed by atoms with Crippen molar-refractivity contribution in [2.75, 3.05) is 33.4 Å². The summed E-state index contributed by atoms with van der Waals surface area (Å²) in [7, 11) is 1.57. The molecule has 1 fully saturated rings. The van der Waals surface area contributed by atoms with E-state index in [9.17, 15) is 14.4 Å². The number of hydrogen-bond donors (Lipinski definition) is 1. The molecule has 238 valence electrons. The van der Waals surface area contributed by atoms with Crippen molar-refractivity contribution in [2.24, 2.45) is 0 Å². The number of carbonyl (C=O) groups is 3. The number of nitrogens with one attached hydrogen (secondary N) is 1. The molecule has 1 aromatic heterocycles. The van der Waals surface area contributed by atoms with E-state index < -0.39 is 47.8 Å².